The molecule has 0 spiro atoms. The lowest BCUT2D eigenvalue weighted by Gasteiger charge is -2.19. The third kappa shape index (κ3) is 3.70. The van der Waals surface area contributed by atoms with Crippen molar-refractivity contribution < 1.29 is 9.59 Å². The summed E-state index contributed by atoms with van der Waals surface area (Å²) in [4.78, 5) is 30.4. The number of primary amides is 2. The van der Waals surface area contributed by atoms with E-state index < -0.39 is 11.8 Å². The van der Waals surface area contributed by atoms with E-state index in [9.17, 15) is 9.59 Å². The molecule has 0 saturated heterocycles. The van der Waals surface area contributed by atoms with Crippen LogP contribution >= 0.6 is 11.6 Å². The summed E-state index contributed by atoms with van der Waals surface area (Å²) in [5, 5.41) is 0.0106. The predicted octanol–water partition coefficient (Wildman–Crippen LogP) is -1.09. The largest absolute Gasteiger partial charge is 0.368 e. The van der Waals surface area contributed by atoms with Gasteiger partial charge in [0.05, 0.1) is 13.1 Å². The van der Waals surface area contributed by atoms with Crippen LogP contribution in [0.1, 0.15) is 0 Å². The molecule has 0 bridgehead atoms. The van der Waals surface area contributed by atoms with E-state index in [0.717, 1.165) is 0 Å². The van der Waals surface area contributed by atoms with Crippen molar-refractivity contribution in [2.75, 3.05) is 18.0 Å². The molecule has 0 atom stereocenters. The molecule has 0 aliphatic heterocycles. The molecule has 16 heavy (non-hydrogen) atoms. The van der Waals surface area contributed by atoms with E-state index in [1.54, 1.807) is 0 Å². The molecule has 7 nitrogen and oxygen atoms in total. The van der Waals surface area contributed by atoms with Crippen LogP contribution in [0.25, 0.3) is 0 Å². The summed E-state index contributed by atoms with van der Waals surface area (Å²) in [7, 11) is 0. The Morgan fingerprint density at radius 2 is 1.88 bits per heavy atom. The minimum Gasteiger partial charge on any atom is -0.368 e. The van der Waals surface area contributed by atoms with Crippen molar-refractivity contribution in [2.45, 2.75) is 0 Å². The molecule has 0 radical (unpaired) electrons. The normalized spacial score (nSPS) is 9.81. The fourth-order valence-electron chi connectivity index (χ4n) is 1.10. The van der Waals surface area contributed by atoms with Gasteiger partial charge in [0.2, 0.25) is 17.1 Å². The molecule has 1 rings (SSSR count). The zero-order valence-electron chi connectivity index (χ0n) is 8.26. The number of hydrogen-bond acceptors (Lipinski definition) is 5. The van der Waals surface area contributed by atoms with Gasteiger partial charge in [0.1, 0.15) is 5.82 Å². The van der Waals surface area contributed by atoms with Gasteiger partial charge in [-0.3, -0.25) is 9.59 Å². The van der Waals surface area contributed by atoms with Crippen molar-refractivity contribution >= 4 is 29.2 Å². The summed E-state index contributed by atoms with van der Waals surface area (Å²) in [6.07, 6.45) is 1.40. The van der Waals surface area contributed by atoms with Crippen LogP contribution in [0.4, 0.5) is 5.82 Å². The second kappa shape index (κ2) is 5.26. The fraction of sp³-hybridized carbons (Fsp3) is 0.250. The number of hydrogen-bond donors (Lipinski definition) is 2. The zero-order valence-corrected chi connectivity index (χ0v) is 9.02. The summed E-state index contributed by atoms with van der Waals surface area (Å²) in [6, 6.07) is 1.50. The van der Waals surface area contributed by atoms with Crippen LogP contribution in [0.3, 0.4) is 0 Å². The molecule has 8 heteroatoms. The van der Waals surface area contributed by atoms with E-state index in [1.165, 1.54) is 17.2 Å². The highest BCUT2D eigenvalue weighted by Crippen LogP contribution is 2.11. The minimum absolute atomic E-state index is 0.0106. The number of carbonyl (C=O) groups excluding carboxylic acids is 2. The van der Waals surface area contributed by atoms with E-state index in [0.29, 0.717) is 5.82 Å². The molecular formula is C8H10ClN5O2. The van der Waals surface area contributed by atoms with Crippen LogP contribution in [0.15, 0.2) is 12.3 Å². The van der Waals surface area contributed by atoms with Crippen molar-refractivity contribution in [1.29, 1.82) is 0 Å². The SMILES string of the molecule is NC(=O)CN(CC(N)=O)c1ccnc(Cl)n1. The Morgan fingerprint density at radius 1 is 1.31 bits per heavy atom. The van der Waals surface area contributed by atoms with Gasteiger partial charge >= 0.3 is 0 Å². The maximum absolute atomic E-state index is 10.8. The smallest absolute Gasteiger partial charge is 0.237 e. The average molecular weight is 244 g/mol. The van der Waals surface area contributed by atoms with Gasteiger partial charge in [0.25, 0.3) is 0 Å². The Balaban J connectivity index is 2.90. The van der Waals surface area contributed by atoms with Crippen LogP contribution in [0.5, 0.6) is 0 Å². The molecular weight excluding hydrogens is 234 g/mol. The van der Waals surface area contributed by atoms with Crippen LogP contribution in [-0.2, 0) is 9.59 Å². The Hall–Kier alpha value is -1.89. The van der Waals surface area contributed by atoms with E-state index >= 15 is 0 Å². The number of anilines is 1. The molecule has 86 valence electrons. The second-order valence-electron chi connectivity index (χ2n) is 2.97. The van der Waals surface area contributed by atoms with Gasteiger partial charge in [-0.05, 0) is 17.7 Å². The lowest BCUT2D eigenvalue weighted by Crippen LogP contribution is -2.40. The lowest BCUT2D eigenvalue weighted by atomic mass is 10.4. The average Bonchev–Trinajstić information content (AvgIpc) is 2.15. The zero-order chi connectivity index (χ0) is 12.1. The molecule has 0 aromatic carbocycles. The molecule has 4 N–H and O–H groups in total. The summed E-state index contributed by atoms with van der Waals surface area (Å²) in [5.41, 5.74) is 10.1. The molecule has 2 amide bonds. The summed E-state index contributed by atoms with van der Waals surface area (Å²) < 4.78 is 0. The molecule has 0 unspecified atom stereocenters. The molecule has 1 heterocycles. The maximum atomic E-state index is 10.8. The van der Waals surface area contributed by atoms with Gasteiger partial charge in [-0.15, -0.1) is 0 Å². The van der Waals surface area contributed by atoms with Gasteiger partial charge in [-0.25, -0.2) is 9.97 Å². The third-order valence-corrected chi connectivity index (χ3v) is 1.81. The van der Waals surface area contributed by atoms with Gasteiger partial charge < -0.3 is 16.4 Å². The number of nitrogens with zero attached hydrogens (tertiary/aromatic N) is 3. The minimum atomic E-state index is -0.601. The van der Waals surface area contributed by atoms with Gasteiger partial charge in [-0.2, -0.15) is 0 Å². The van der Waals surface area contributed by atoms with Gasteiger partial charge in [-0.1, -0.05) is 0 Å². The Bertz CT molecular complexity index is 395. The second-order valence-corrected chi connectivity index (χ2v) is 3.31. The Kier molecular flexibility index (Phi) is 4.01. The van der Waals surface area contributed by atoms with Crippen LogP contribution in [-0.4, -0.2) is 34.9 Å². The molecule has 0 fully saturated rings. The quantitative estimate of drug-likeness (QED) is 0.638. The monoisotopic (exact) mass is 243 g/mol. The Labute approximate surface area is 96.4 Å². The van der Waals surface area contributed by atoms with Crippen molar-refractivity contribution in [3.8, 4) is 0 Å². The lowest BCUT2D eigenvalue weighted by molar-refractivity contribution is -0.117. The maximum Gasteiger partial charge on any atom is 0.237 e. The van der Waals surface area contributed by atoms with Crippen molar-refractivity contribution in [2.24, 2.45) is 11.5 Å². The van der Waals surface area contributed by atoms with Gasteiger partial charge in [0.15, 0.2) is 0 Å². The molecule has 0 aliphatic carbocycles. The molecule has 0 aliphatic rings. The first-order valence-electron chi connectivity index (χ1n) is 4.29. The first kappa shape index (κ1) is 12.2. The van der Waals surface area contributed by atoms with E-state index in [4.69, 9.17) is 23.1 Å². The number of amides is 2. The number of nitrogens with two attached hydrogens (primary N) is 2. The fourth-order valence-corrected chi connectivity index (χ4v) is 1.24. The van der Waals surface area contributed by atoms with E-state index in [2.05, 4.69) is 9.97 Å². The first-order valence-corrected chi connectivity index (χ1v) is 4.67. The van der Waals surface area contributed by atoms with Crippen LogP contribution < -0.4 is 16.4 Å². The highest BCUT2D eigenvalue weighted by Gasteiger charge is 2.13. The number of rotatable bonds is 5. The molecule has 1 aromatic heterocycles. The Morgan fingerprint density at radius 3 is 2.31 bits per heavy atom. The number of halogens is 1. The highest BCUT2D eigenvalue weighted by molar-refractivity contribution is 6.28. The molecule has 1 aromatic rings. The highest BCUT2D eigenvalue weighted by atomic mass is 35.5. The first-order chi connectivity index (χ1) is 7.49. The van der Waals surface area contributed by atoms with Crippen molar-refractivity contribution in [3.05, 3.63) is 17.5 Å². The summed E-state index contributed by atoms with van der Waals surface area (Å²) >= 11 is 5.58. The molecule has 0 saturated carbocycles. The topological polar surface area (TPSA) is 115 Å². The number of aromatic nitrogens is 2. The standard InChI is InChI=1S/C8H10ClN5O2/c9-8-12-2-1-7(13-8)14(3-5(10)15)4-6(11)16/h1-2H,3-4H2,(H2,10,15)(H2,11,16). The van der Waals surface area contributed by atoms with Crippen LogP contribution in [0.2, 0.25) is 5.28 Å². The van der Waals surface area contributed by atoms with E-state index in [-0.39, 0.29) is 18.4 Å². The van der Waals surface area contributed by atoms with Crippen LogP contribution in [0, 0.1) is 0 Å². The predicted molar refractivity (Wildman–Crippen MR) is 57.6 cm³/mol. The third-order valence-electron chi connectivity index (χ3n) is 1.63. The summed E-state index contributed by atoms with van der Waals surface area (Å²) in [6.45, 7) is -0.341. The number of carbonyl (C=O) groups is 2. The van der Waals surface area contributed by atoms with Crippen molar-refractivity contribution in [3.63, 3.8) is 0 Å². The van der Waals surface area contributed by atoms with E-state index in [1.807, 2.05) is 0 Å². The van der Waals surface area contributed by atoms with Gasteiger partial charge in [0, 0.05) is 6.20 Å². The summed E-state index contributed by atoms with van der Waals surface area (Å²) in [5.74, 6) is -0.885. The van der Waals surface area contributed by atoms with Crippen molar-refractivity contribution in [1.82, 2.24) is 9.97 Å².